The lowest BCUT2D eigenvalue weighted by Gasteiger charge is -2.46. The first-order valence-electron chi connectivity index (χ1n) is 34.6. The van der Waals surface area contributed by atoms with Crippen LogP contribution in [0.1, 0.15) is 179 Å². The second-order valence-electron chi connectivity index (χ2n) is 33.7. The van der Waals surface area contributed by atoms with Crippen molar-refractivity contribution in [1.82, 2.24) is 0 Å². The first-order valence-corrected chi connectivity index (χ1v) is 34.6. The highest BCUT2D eigenvalue weighted by molar-refractivity contribution is 7.00. The maximum atomic E-state index is 2.76. The summed E-state index contributed by atoms with van der Waals surface area (Å²) in [5, 5.41) is 0. The number of hydrogen-bond donors (Lipinski definition) is 0. The minimum Gasteiger partial charge on any atom is -0.338 e. The average Bonchev–Trinajstić information content (AvgIpc) is 0.893. The van der Waals surface area contributed by atoms with Crippen LogP contribution < -0.4 is 36.0 Å². The molecule has 2 heterocycles. The fourth-order valence-corrected chi connectivity index (χ4v) is 15.1. The van der Waals surface area contributed by atoms with Crippen molar-refractivity contribution < 1.29 is 0 Å². The van der Waals surface area contributed by atoms with Crippen LogP contribution in [-0.4, -0.2) is 6.71 Å². The average molecular weight is 1240 g/mol. The molecular weight excluding hydrogens is 1140 g/mol. The van der Waals surface area contributed by atoms with Crippen molar-refractivity contribution in [2.75, 3.05) is 19.6 Å². The molecule has 0 atom stereocenters. The molecule has 2 aliphatic heterocycles. The fourth-order valence-electron chi connectivity index (χ4n) is 15.1. The fraction of sp³-hybridized carbons (Fsp3) is 0.326. The maximum absolute atomic E-state index is 2.76. The Balaban J connectivity index is 1.16. The molecule has 3 aliphatic rings. The molecule has 0 saturated heterocycles. The molecule has 10 aromatic carbocycles. The van der Waals surface area contributed by atoms with Gasteiger partial charge in [0.2, 0.25) is 0 Å². The van der Waals surface area contributed by atoms with E-state index >= 15 is 0 Å². The summed E-state index contributed by atoms with van der Waals surface area (Å²) in [7, 11) is 0. The minimum atomic E-state index is -0.231. The predicted octanol–water partition coefficient (Wildman–Crippen LogP) is 22.3. The van der Waals surface area contributed by atoms with Gasteiger partial charge in [0.05, 0.1) is 5.69 Å². The molecule has 0 N–H and O–H groups in total. The number of benzene rings is 10. The molecular formula is C89H99BN4. The van der Waals surface area contributed by atoms with Crippen LogP contribution >= 0.6 is 0 Å². The van der Waals surface area contributed by atoms with Gasteiger partial charge in [0.1, 0.15) is 0 Å². The highest BCUT2D eigenvalue weighted by Gasteiger charge is 2.46. The van der Waals surface area contributed by atoms with Crippen molar-refractivity contribution in [3.63, 3.8) is 0 Å². The molecule has 0 saturated carbocycles. The summed E-state index contributed by atoms with van der Waals surface area (Å²) < 4.78 is 0. The van der Waals surface area contributed by atoms with Crippen LogP contribution in [0.15, 0.2) is 206 Å². The van der Waals surface area contributed by atoms with Gasteiger partial charge in [0, 0.05) is 64.3 Å². The zero-order chi connectivity index (χ0) is 66.8. The Morgan fingerprint density at radius 3 is 1.45 bits per heavy atom. The van der Waals surface area contributed by atoms with Gasteiger partial charge in [0.25, 0.3) is 6.71 Å². The molecule has 0 fully saturated rings. The number of hydrogen-bond acceptors (Lipinski definition) is 4. The summed E-state index contributed by atoms with van der Waals surface area (Å²) in [6.07, 6.45) is 2.07. The van der Waals surface area contributed by atoms with Crippen molar-refractivity contribution in [1.29, 1.82) is 0 Å². The summed E-state index contributed by atoms with van der Waals surface area (Å²) in [6, 6.07) is 80.9. The van der Waals surface area contributed by atoms with Gasteiger partial charge in [-0.1, -0.05) is 250 Å². The molecule has 0 unspecified atom stereocenters. The Hall–Kier alpha value is -8.54. The molecule has 0 spiro atoms. The van der Waals surface area contributed by atoms with Crippen LogP contribution in [0, 0.1) is 19.3 Å². The van der Waals surface area contributed by atoms with Gasteiger partial charge in [-0.25, -0.2) is 0 Å². The Morgan fingerprint density at radius 1 is 0.404 bits per heavy atom. The van der Waals surface area contributed by atoms with Gasteiger partial charge in [-0.15, -0.1) is 0 Å². The lowest BCUT2D eigenvalue weighted by molar-refractivity contribution is 0.392. The van der Waals surface area contributed by atoms with Crippen molar-refractivity contribution in [3.8, 4) is 11.1 Å². The summed E-state index contributed by atoms with van der Waals surface area (Å²) in [6.45, 7) is 45.8. The highest BCUT2D eigenvalue weighted by Crippen LogP contribution is 2.51. The van der Waals surface area contributed by atoms with E-state index in [4.69, 9.17) is 0 Å². The topological polar surface area (TPSA) is 13.0 Å². The molecule has 4 nitrogen and oxygen atoms in total. The lowest BCUT2D eigenvalue weighted by Crippen LogP contribution is -2.62. The third-order valence-corrected chi connectivity index (χ3v) is 20.5. The largest absolute Gasteiger partial charge is 0.338 e. The summed E-state index contributed by atoms with van der Waals surface area (Å²) >= 11 is 0. The number of fused-ring (bicyclic) bond motifs is 5. The molecule has 94 heavy (non-hydrogen) atoms. The Morgan fingerprint density at radius 2 is 0.904 bits per heavy atom. The summed E-state index contributed by atoms with van der Waals surface area (Å²) in [5.74, 6) is 0. The smallest absolute Gasteiger partial charge is 0.252 e. The zero-order valence-electron chi connectivity index (χ0n) is 59.8. The van der Waals surface area contributed by atoms with Crippen LogP contribution in [-0.2, 0) is 53.0 Å². The number of aryl methyl sites for hydroxylation is 2. The van der Waals surface area contributed by atoms with E-state index in [1.807, 2.05) is 0 Å². The van der Waals surface area contributed by atoms with E-state index in [2.05, 4.69) is 357 Å². The monoisotopic (exact) mass is 1230 g/mol. The molecule has 478 valence electrons. The van der Waals surface area contributed by atoms with Crippen molar-refractivity contribution >= 4 is 80.0 Å². The molecule has 0 amide bonds. The maximum Gasteiger partial charge on any atom is 0.252 e. The van der Waals surface area contributed by atoms with Gasteiger partial charge in [-0.05, 0) is 222 Å². The summed E-state index contributed by atoms with van der Waals surface area (Å²) in [4.78, 5) is 10.5. The van der Waals surface area contributed by atoms with Crippen LogP contribution in [0.3, 0.4) is 0 Å². The van der Waals surface area contributed by atoms with Crippen LogP contribution in [0.25, 0.3) is 11.1 Å². The van der Waals surface area contributed by atoms with Crippen molar-refractivity contribution in [3.05, 3.63) is 267 Å². The molecule has 10 aromatic rings. The normalized spacial score (nSPS) is 14.4. The Bertz CT molecular complexity index is 4380. The summed E-state index contributed by atoms with van der Waals surface area (Å²) in [5.41, 5.74) is 32.8. The standard InChI is InChI=1S/C89H99BN4/c1-58-28-38-69(39-29-58)91(70-40-30-59(2)31-41-70)57-64-47-78-80(53-76(64)88(15,16)17)94(73-27-23-26-67(49-73)86(9,10)11)82-52-74(93(71-42-34-65(35-43-71)84(3,4)5)72-44-36-66(37-45-72)85(6,7)8)51-81-83(82)90(78)77-46-62-54-89(18,19)55-63(62)48-79(77)92(81)56-61-32-33-68(87(12,13)14)50-75(61)60-24-21-20-22-25-60/h20-53H,54-57H2,1-19H3. The van der Waals surface area contributed by atoms with Gasteiger partial charge >= 0.3 is 0 Å². The van der Waals surface area contributed by atoms with Gasteiger partial charge in [-0.2, -0.15) is 0 Å². The predicted molar refractivity (Wildman–Crippen MR) is 408 cm³/mol. The Kier molecular flexibility index (Phi) is 16.0. The number of rotatable bonds is 11. The minimum absolute atomic E-state index is 0.0173. The van der Waals surface area contributed by atoms with E-state index in [0.717, 1.165) is 35.6 Å². The van der Waals surface area contributed by atoms with E-state index in [0.29, 0.717) is 13.1 Å². The lowest BCUT2D eigenvalue weighted by atomic mass is 9.33. The zero-order valence-corrected chi connectivity index (χ0v) is 59.8. The molecule has 0 radical (unpaired) electrons. The van der Waals surface area contributed by atoms with E-state index < -0.39 is 0 Å². The van der Waals surface area contributed by atoms with Gasteiger partial charge in [0.15, 0.2) is 0 Å². The second-order valence-corrected chi connectivity index (χ2v) is 33.7. The number of anilines is 10. The molecule has 0 aromatic heterocycles. The third-order valence-electron chi connectivity index (χ3n) is 20.5. The third kappa shape index (κ3) is 12.3. The molecule has 5 heteroatoms. The van der Waals surface area contributed by atoms with Crippen LogP contribution in [0.5, 0.6) is 0 Å². The Labute approximate surface area is 564 Å². The van der Waals surface area contributed by atoms with Gasteiger partial charge < -0.3 is 19.6 Å². The van der Waals surface area contributed by atoms with E-state index in [1.165, 1.54) is 123 Å². The van der Waals surface area contributed by atoms with E-state index in [-0.39, 0.29) is 39.2 Å². The molecule has 1 aliphatic carbocycles. The van der Waals surface area contributed by atoms with Gasteiger partial charge in [-0.3, -0.25) is 0 Å². The quantitative estimate of drug-likeness (QED) is 0.120. The van der Waals surface area contributed by atoms with E-state index in [1.54, 1.807) is 0 Å². The first kappa shape index (κ1) is 64.2. The molecule has 13 rings (SSSR count). The first-order chi connectivity index (χ1) is 44.3. The second kappa shape index (κ2) is 23.4. The van der Waals surface area contributed by atoms with Crippen molar-refractivity contribution in [2.24, 2.45) is 5.41 Å². The van der Waals surface area contributed by atoms with E-state index in [9.17, 15) is 0 Å². The highest BCUT2D eigenvalue weighted by atomic mass is 15.2. The molecule has 0 bridgehead atoms. The van der Waals surface area contributed by atoms with Crippen LogP contribution in [0.4, 0.5) is 56.9 Å². The SMILES string of the molecule is Cc1ccc(N(Cc2cc3c(cc2C(C)(C)C)N(c2cccc(C(C)(C)C)c2)c2cc(N(c4ccc(C(C)(C)C)cc4)c4ccc(C(C)(C)C)cc4)cc4c2B3c2cc3c(cc2N4Cc2ccc(C(C)(C)C)cc2-c2ccccc2)CC(C)(C)C3)c2ccc(C)cc2)cc1. The number of nitrogens with zero attached hydrogens (tertiary/aromatic N) is 4. The van der Waals surface area contributed by atoms with Crippen molar-refractivity contribution in [2.45, 2.75) is 185 Å². The van der Waals surface area contributed by atoms with Crippen LogP contribution in [0.2, 0.25) is 0 Å².